The van der Waals surface area contributed by atoms with Gasteiger partial charge in [0, 0.05) is 41.3 Å². The van der Waals surface area contributed by atoms with Crippen LogP contribution in [0.5, 0.6) is 11.5 Å². The van der Waals surface area contributed by atoms with Crippen molar-refractivity contribution in [2.45, 2.75) is 38.1 Å². The second-order valence-corrected chi connectivity index (χ2v) is 9.48. The maximum Gasteiger partial charge on any atom is 0.227 e. The lowest BCUT2D eigenvalue weighted by atomic mass is 10.00. The quantitative estimate of drug-likeness (QED) is 0.498. The Kier molecular flexibility index (Phi) is 6.92. The van der Waals surface area contributed by atoms with Crippen LogP contribution >= 0.6 is 11.6 Å². The van der Waals surface area contributed by atoms with Crippen LogP contribution in [0.2, 0.25) is 5.02 Å². The highest BCUT2D eigenvalue weighted by Gasteiger charge is 2.27. The summed E-state index contributed by atoms with van der Waals surface area (Å²) in [6.07, 6.45) is 6.33. The molecule has 0 unspecified atom stereocenters. The van der Waals surface area contributed by atoms with E-state index in [1.807, 2.05) is 36.4 Å². The molecule has 0 amide bonds. The van der Waals surface area contributed by atoms with Gasteiger partial charge in [0.2, 0.25) is 5.95 Å². The first-order valence-electron chi connectivity index (χ1n) is 12.1. The van der Waals surface area contributed by atoms with Gasteiger partial charge in [0.05, 0.1) is 19.7 Å². The van der Waals surface area contributed by atoms with Gasteiger partial charge in [0.25, 0.3) is 0 Å². The Hall–Kier alpha value is -2.77. The lowest BCUT2D eigenvalue weighted by molar-refractivity contribution is 0.141. The first-order valence-corrected chi connectivity index (χ1v) is 12.5. The summed E-state index contributed by atoms with van der Waals surface area (Å²) in [6.45, 7) is 4.41. The standard InChI is InChI=1S/C26H32ClN5O2/c1-33-23-16-21-22(17-24(23)34-2)29-26(30-25(21)28-19-8-6-18(27)7-9-19)32-14-10-20(11-15-32)31-12-4-3-5-13-31/h6-9,16-17,20H,3-5,10-15H2,1-2H3,(H,28,29,30). The fourth-order valence-electron chi connectivity index (χ4n) is 5.06. The van der Waals surface area contributed by atoms with Crippen molar-refractivity contribution in [3.63, 3.8) is 0 Å². The molecule has 0 bridgehead atoms. The van der Waals surface area contributed by atoms with E-state index in [4.69, 9.17) is 31.0 Å². The van der Waals surface area contributed by atoms with Gasteiger partial charge in [-0.3, -0.25) is 0 Å². The van der Waals surface area contributed by atoms with Crippen molar-refractivity contribution in [3.8, 4) is 11.5 Å². The summed E-state index contributed by atoms with van der Waals surface area (Å²) in [4.78, 5) is 14.9. The number of anilines is 3. The van der Waals surface area contributed by atoms with E-state index in [-0.39, 0.29) is 0 Å². The molecule has 180 valence electrons. The van der Waals surface area contributed by atoms with Gasteiger partial charge < -0.3 is 24.6 Å². The number of fused-ring (bicyclic) bond motifs is 1. The van der Waals surface area contributed by atoms with Crippen molar-refractivity contribution in [2.75, 3.05) is 50.6 Å². The number of ether oxygens (including phenoxy) is 2. The Morgan fingerprint density at radius 3 is 2.24 bits per heavy atom. The molecule has 8 heteroatoms. The molecule has 2 fully saturated rings. The van der Waals surface area contributed by atoms with Crippen molar-refractivity contribution < 1.29 is 9.47 Å². The highest BCUT2D eigenvalue weighted by atomic mass is 35.5. The van der Waals surface area contributed by atoms with Gasteiger partial charge in [0.1, 0.15) is 5.82 Å². The summed E-state index contributed by atoms with van der Waals surface area (Å²) in [6, 6.07) is 12.1. The van der Waals surface area contributed by atoms with Crippen molar-refractivity contribution >= 4 is 40.0 Å². The van der Waals surface area contributed by atoms with Crippen LogP contribution in [0, 0.1) is 0 Å². The fourth-order valence-corrected chi connectivity index (χ4v) is 5.19. The number of hydrogen-bond acceptors (Lipinski definition) is 7. The second-order valence-electron chi connectivity index (χ2n) is 9.04. The number of aromatic nitrogens is 2. The Morgan fingerprint density at radius 1 is 0.882 bits per heavy atom. The Balaban J connectivity index is 1.46. The molecule has 34 heavy (non-hydrogen) atoms. The number of halogens is 1. The monoisotopic (exact) mass is 481 g/mol. The molecule has 1 aromatic heterocycles. The SMILES string of the molecule is COc1cc2nc(N3CCC(N4CCCCC4)CC3)nc(Nc3ccc(Cl)cc3)c2cc1OC. The molecule has 2 aliphatic heterocycles. The largest absolute Gasteiger partial charge is 0.493 e. The van der Waals surface area contributed by atoms with Gasteiger partial charge in [-0.05, 0) is 69.1 Å². The van der Waals surface area contributed by atoms with E-state index in [0.717, 1.165) is 54.3 Å². The van der Waals surface area contributed by atoms with Gasteiger partial charge in [-0.1, -0.05) is 18.0 Å². The van der Waals surface area contributed by atoms with Crippen molar-refractivity contribution in [3.05, 3.63) is 41.4 Å². The molecule has 3 aromatic rings. The molecule has 2 saturated heterocycles. The van der Waals surface area contributed by atoms with Gasteiger partial charge in [-0.15, -0.1) is 0 Å². The molecule has 0 saturated carbocycles. The number of nitrogens with one attached hydrogen (secondary N) is 1. The molecular formula is C26H32ClN5O2. The summed E-state index contributed by atoms with van der Waals surface area (Å²) in [5.41, 5.74) is 1.73. The predicted molar refractivity (Wildman–Crippen MR) is 138 cm³/mol. The molecule has 0 spiro atoms. The van der Waals surface area contributed by atoms with E-state index in [9.17, 15) is 0 Å². The zero-order valence-corrected chi connectivity index (χ0v) is 20.6. The molecular weight excluding hydrogens is 450 g/mol. The van der Waals surface area contributed by atoms with Crippen LogP contribution in [0.4, 0.5) is 17.5 Å². The molecule has 0 aliphatic carbocycles. The summed E-state index contributed by atoms with van der Waals surface area (Å²) in [5, 5.41) is 5.03. The topological polar surface area (TPSA) is 62.8 Å². The summed E-state index contributed by atoms with van der Waals surface area (Å²) in [5.74, 6) is 2.78. The zero-order chi connectivity index (χ0) is 23.5. The maximum absolute atomic E-state index is 6.08. The summed E-state index contributed by atoms with van der Waals surface area (Å²) < 4.78 is 11.1. The molecule has 1 N–H and O–H groups in total. The van der Waals surface area contributed by atoms with Gasteiger partial charge in [-0.25, -0.2) is 4.98 Å². The van der Waals surface area contributed by atoms with Crippen LogP contribution < -0.4 is 19.7 Å². The minimum absolute atomic E-state index is 0.646. The lowest BCUT2D eigenvalue weighted by Gasteiger charge is -2.40. The first kappa shape index (κ1) is 23.0. The highest BCUT2D eigenvalue weighted by Crippen LogP contribution is 2.36. The molecule has 2 aliphatic rings. The Morgan fingerprint density at radius 2 is 1.56 bits per heavy atom. The average molecular weight is 482 g/mol. The number of rotatable bonds is 6. The van der Waals surface area contributed by atoms with Crippen LogP contribution in [0.25, 0.3) is 10.9 Å². The minimum Gasteiger partial charge on any atom is -0.493 e. The van der Waals surface area contributed by atoms with Gasteiger partial charge in [-0.2, -0.15) is 4.98 Å². The number of benzene rings is 2. The molecule has 3 heterocycles. The number of nitrogens with zero attached hydrogens (tertiary/aromatic N) is 4. The van der Waals surface area contributed by atoms with Crippen LogP contribution in [-0.4, -0.2) is 61.3 Å². The van der Waals surface area contributed by atoms with Crippen LogP contribution in [-0.2, 0) is 0 Å². The number of piperidine rings is 2. The second kappa shape index (κ2) is 10.2. The number of methoxy groups -OCH3 is 2. The number of hydrogen-bond donors (Lipinski definition) is 1. The highest BCUT2D eigenvalue weighted by molar-refractivity contribution is 6.30. The zero-order valence-electron chi connectivity index (χ0n) is 19.9. The average Bonchev–Trinajstić information content (AvgIpc) is 2.89. The van der Waals surface area contributed by atoms with E-state index in [0.29, 0.717) is 22.6 Å². The summed E-state index contributed by atoms with van der Waals surface area (Å²) in [7, 11) is 3.28. The molecule has 0 atom stereocenters. The lowest BCUT2D eigenvalue weighted by Crippen LogP contribution is -2.47. The smallest absolute Gasteiger partial charge is 0.227 e. The maximum atomic E-state index is 6.08. The van der Waals surface area contributed by atoms with E-state index < -0.39 is 0 Å². The third kappa shape index (κ3) is 4.86. The van der Waals surface area contributed by atoms with Crippen molar-refractivity contribution in [2.24, 2.45) is 0 Å². The first-order chi connectivity index (χ1) is 16.6. The Bertz CT molecular complexity index is 1130. The van der Waals surface area contributed by atoms with E-state index >= 15 is 0 Å². The molecule has 7 nitrogen and oxygen atoms in total. The molecule has 0 radical (unpaired) electrons. The van der Waals surface area contributed by atoms with E-state index in [1.54, 1.807) is 14.2 Å². The third-order valence-corrected chi connectivity index (χ3v) is 7.20. The third-order valence-electron chi connectivity index (χ3n) is 6.95. The van der Waals surface area contributed by atoms with Crippen LogP contribution in [0.15, 0.2) is 36.4 Å². The van der Waals surface area contributed by atoms with Crippen LogP contribution in [0.3, 0.4) is 0 Å². The summed E-state index contributed by atoms with van der Waals surface area (Å²) >= 11 is 6.08. The van der Waals surface area contributed by atoms with E-state index in [1.165, 1.54) is 32.4 Å². The van der Waals surface area contributed by atoms with E-state index in [2.05, 4.69) is 15.1 Å². The minimum atomic E-state index is 0.646. The van der Waals surface area contributed by atoms with Crippen LogP contribution in [0.1, 0.15) is 32.1 Å². The molecule has 5 rings (SSSR count). The molecule has 2 aromatic carbocycles. The predicted octanol–water partition coefficient (Wildman–Crippen LogP) is 5.50. The van der Waals surface area contributed by atoms with Crippen molar-refractivity contribution in [1.82, 2.24) is 14.9 Å². The fraction of sp³-hybridized carbons (Fsp3) is 0.462. The van der Waals surface area contributed by atoms with Gasteiger partial charge >= 0.3 is 0 Å². The van der Waals surface area contributed by atoms with Crippen molar-refractivity contribution in [1.29, 1.82) is 0 Å². The normalized spacial score (nSPS) is 17.7. The Labute approximate surface area is 206 Å². The number of likely N-dealkylation sites (tertiary alicyclic amines) is 1. The van der Waals surface area contributed by atoms with Gasteiger partial charge in [0.15, 0.2) is 11.5 Å².